The van der Waals surface area contributed by atoms with Gasteiger partial charge in [0.15, 0.2) is 5.60 Å². The van der Waals surface area contributed by atoms with Crippen LogP contribution in [0.25, 0.3) is 0 Å². The van der Waals surface area contributed by atoms with Crippen LogP contribution < -0.4 is 9.47 Å². The molecule has 4 saturated carbocycles. The van der Waals surface area contributed by atoms with Gasteiger partial charge in [0.1, 0.15) is 11.5 Å². The normalized spacial score (nSPS) is 29.2. The molecule has 6 nitrogen and oxygen atoms in total. The second-order valence-corrected chi connectivity index (χ2v) is 16.5. The number of hydrogen-bond acceptors (Lipinski definition) is 6. The van der Waals surface area contributed by atoms with E-state index in [0.29, 0.717) is 40.7 Å². The predicted octanol–water partition coefficient (Wildman–Crippen LogP) is 9.70. The van der Waals surface area contributed by atoms with Gasteiger partial charge in [0.25, 0.3) is 0 Å². The Labute approximate surface area is 296 Å². The van der Waals surface area contributed by atoms with Gasteiger partial charge in [-0.1, -0.05) is 71.6 Å². The Hall–Kier alpha value is -3.93. The first-order chi connectivity index (χ1) is 24.0. The minimum Gasteiger partial charge on any atom is -0.441 e. The van der Waals surface area contributed by atoms with Crippen molar-refractivity contribution in [2.24, 2.45) is 35.5 Å². The minimum absolute atomic E-state index is 0.000319. The first kappa shape index (κ1) is 33.2. The lowest BCUT2D eigenvalue weighted by Crippen LogP contribution is -2.32. The van der Waals surface area contributed by atoms with Crippen molar-refractivity contribution in [2.45, 2.75) is 110 Å². The molecule has 6 atom stereocenters. The van der Waals surface area contributed by atoms with Gasteiger partial charge in [-0.25, -0.2) is 4.79 Å². The van der Waals surface area contributed by atoms with Crippen molar-refractivity contribution in [3.05, 3.63) is 93.0 Å². The summed E-state index contributed by atoms with van der Waals surface area (Å²) >= 11 is 0. The molecule has 3 aromatic carbocycles. The highest BCUT2D eigenvalue weighted by molar-refractivity contribution is 5.96. The summed E-state index contributed by atoms with van der Waals surface area (Å²) in [7, 11) is 0. The van der Waals surface area contributed by atoms with Crippen LogP contribution in [0, 0.1) is 49.4 Å². The molecule has 4 fully saturated rings. The van der Waals surface area contributed by atoms with E-state index in [9.17, 15) is 14.4 Å². The maximum Gasteiger partial charge on any atom is 0.340 e. The van der Waals surface area contributed by atoms with Crippen LogP contribution in [0.2, 0.25) is 0 Å². The molecule has 1 heterocycles. The average Bonchev–Trinajstić information content (AvgIpc) is 3.99. The Bertz CT molecular complexity index is 1860. The van der Waals surface area contributed by atoms with Crippen molar-refractivity contribution in [3.8, 4) is 11.5 Å². The Balaban J connectivity index is 1.23. The summed E-state index contributed by atoms with van der Waals surface area (Å²) in [5.74, 6) is 2.48. The molecular formula is C44H50O6. The van der Waals surface area contributed by atoms with E-state index >= 15 is 0 Å². The molecule has 0 radical (unpaired) electrons. The van der Waals surface area contributed by atoms with E-state index in [2.05, 4.69) is 39.8 Å². The van der Waals surface area contributed by atoms with Gasteiger partial charge in [-0.3, -0.25) is 9.59 Å². The lowest BCUT2D eigenvalue weighted by molar-refractivity contribution is -0.137. The predicted molar refractivity (Wildman–Crippen MR) is 191 cm³/mol. The van der Waals surface area contributed by atoms with Crippen molar-refractivity contribution < 1.29 is 28.6 Å². The molecule has 5 aliphatic rings. The van der Waals surface area contributed by atoms with Crippen molar-refractivity contribution in [1.29, 1.82) is 0 Å². The summed E-state index contributed by atoms with van der Waals surface area (Å²) in [5.41, 5.74) is 5.30. The van der Waals surface area contributed by atoms with Crippen LogP contribution in [0.1, 0.15) is 140 Å². The number of esters is 3. The molecule has 6 heteroatoms. The van der Waals surface area contributed by atoms with E-state index in [0.717, 1.165) is 64.6 Å². The molecule has 8 rings (SSSR count). The highest BCUT2D eigenvalue weighted by atomic mass is 16.6. The lowest BCUT2D eigenvalue weighted by Gasteiger charge is -2.35. The van der Waals surface area contributed by atoms with Crippen molar-refractivity contribution in [3.63, 3.8) is 0 Å². The molecule has 0 spiro atoms. The number of cyclic esters (lactones) is 1. The Kier molecular flexibility index (Phi) is 8.23. The van der Waals surface area contributed by atoms with Crippen molar-refractivity contribution in [2.75, 3.05) is 0 Å². The van der Waals surface area contributed by atoms with E-state index in [-0.39, 0.29) is 41.6 Å². The summed E-state index contributed by atoms with van der Waals surface area (Å²) in [5, 5.41) is 0. The molecular weight excluding hydrogens is 624 g/mol. The van der Waals surface area contributed by atoms with Gasteiger partial charge in [-0.2, -0.15) is 0 Å². The van der Waals surface area contributed by atoms with Crippen LogP contribution in [0.5, 0.6) is 11.5 Å². The van der Waals surface area contributed by atoms with Gasteiger partial charge in [0.05, 0.1) is 17.4 Å². The molecule has 0 N–H and O–H groups in total. The molecule has 1 aliphatic heterocycles. The van der Waals surface area contributed by atoms with Crippen LogP contribution in [0.3, 0.4) is 0 Å². The number of aryl methyl sites for hydroxylation is 2. The Morgan fingerprint density at radius 1 is 0.660 bits per heavy atom. The standard InChI is InChI=1S/C44H50O6/c1-23(2)32-22-37(48-42(46)39-27-13-7-8-14-28(27)39)26(6)19-36(32)44(34-18-12-11-17-31(34)41(45)50-44)35-21-33(24(3)4)38(20-25(35)5)49-43(47)40-29-15-9-10-16-30(29)40/h11-12,17-24,27-30,39-40H,7-10,13-16H2,1-6H3/t27-,28+,29-,30-,39?,44+/m0/s1. The minimum atomic E-state index is -1.26. The van der Waals surface area contributed by atoms with Gasteiger partial charge in [-0.15, -0.1) is 0 Å². The van der Waals surface area contributed by atoms with E-state index < -0.39 is 5.60 Å². The molecule has 0 aromatic heterocycles. The Morgan fingerprint density at radius 3 is 1.76 bits per heavy atom. The zero-order chi connectivity index (χ0) is 35.1. The number of ether oxygens (including phenoxy) is 3. The third kappa shape index (κ3) is 5.31. The Morgan fingerprint density at radius 2 is 1.20 bits per heavy atom. The topological polar surface area (TPSA) is 78.9 Å². The monoisotopic (exact) mass is 674 g/mol. The molecule has 50 heavy (non-hydrogen) atoms. The van der Waals surface area contributed by atoms with Crippen molar-refractivity contribution in [1.82, 2.24) is 0 Å². The summed E-state index contributed by atoms with van der Waals surface area (Å²) < 4.78 is 19.1. The smallest absolute Gasteiger partial charge is 0.340 e. The van der Waals surface area contributed by atoms with Gasteiger partial charge < -0.3 is 14.2 Å². The summed E-state index contributed by atoms with van der Waals surface area (Å²) in [6.45, 7) is 12.4. The van der Waals surface area contributed by atoms with Gasteiger partial charge in [0.2, 0.25) is 0 Å². The van der Waals surface area contributed by atoms with Crippen LogP contribution in [-0.4, -0.2) is 17.9 Å². The fourth-order valence-electron chi connectivity index (χ4n) is 10.0. The van der Waals surface area contributed by atoms with E-state index in [1.54, 1.807) is 0 Å². The number of carbonyl (C=O) groups excluding carboxylic acids is 3. The van der Waals surface area contributed by atoms with E-state index in [1.807, 2.05) is 50.2 Å². The fourth-order valence-corrected chi connectivity index (χ4v) is 10.0. The number of fused-ring (bicyclic) bond motifs is 3. The zero-order valence-electron chi connectivity index (χ0n) is 30.3. The number of carbonyl (C=O) groups is 3. The average molecular weight is 675 g/mol. The molecule has 3 aromatic rings. The molecule has 1 unspecified atom stereocenters. The van der Waals surface area contributed by atoms with E-state index in [1.165, 1.54) is 25.7 Å². The number of rotatable bonds is 8. The summed E-state index contributed by atoms with van der Waals surface area (Å²) in [4.78, 5) is 40.8. The largest absolute Gasteiger partial charge is 0.441 e. The summed E-state index contributed by atoms with van der Waals surface area (Å²) in [6.07, 6.45) is 9.24. The maximum absolute atomic E-state index is 13.8. The van der Waals surface area contributed by atoms with Crippen molar-refractivity contribution >= 4 is 17.9 Å². The molecule has 262 valence electrons. The number of hydrogen-bond donors (Lipinski definition) is 0. The zero-order valence-corrected chi connectivity index (χ0v) is 30.3. The summed E-state index contributed by atoms with van der Waals surface area (Å²) in [6, 6.07) is 15.8. The highest BCUT2D eigenvalue weighted by Gasteiger charge is 2.57. The number of benzene rings is 3. The van der Waals surface area contributed by atoms with Gasteiger partial charge in [-0.05, 0) is 128 Å². The van der Waals surface area contributed by atoms with Crippen LogP contribution >= 0.6 is 0 Å². The third-order valence-electron chi connectivity index (χ3n) is 12.8. The van der Waals surface area contributed by atoms with Crippen LogP contribution in [0.4, 0.5) is 0 Å². The van der Waals surface area contributed by atoms with Crippen LogP contribution in [0.15, 0.2) is 48.5 Å². The SMILES string of the molecule is Cc1cc([C@@]2(c3cc(C(C)C)c(OC(=O)C4[C@H]5CCCC[C@H]45)cc3C)OC(=O)c3ccccc32)c(C(C)C)cc1OC(=O)C1[C@H]2CCCC[C@@H]12. The second-order valence-electron chi connectivity index (χ2n) is 16.5. The molecule has 0 amide bonds. The van der Waals surface area contributed by atoms with E-state index in [4.69, 9.17) is 14.2 Å². The third-order valence-corrected chi connectivity index (χ3v) is 12.8. The van der Waals surface area contributed by atoms with Crippen LogP contribution in [-0.2, 0) is 19.9 Å². The first-order valence-electron chi connectivity index (χ1n) is 19.1. The first-order valence-corrected chi connectivity index (χ1v) is 19.1. The van der Waals surface area contributed by atoms with Gasteiger partial charge >= 0.3 is 17.9 Å². The second kappa shape index (κ2) is 12.4. The van der Waals surface area contributed by atoms with Gasteiger partial charge in [0, 0.05) is 16.7 Å². The molecule has 0 saturated heterocycles. The highest BCUT2D eigenvalue weighted by Crippen LogP contribution is 2.58. The quantitative estimate of drug-likeness (QED) is 0.175. The maximum atomic E-state index is 13.8. The fraction of sp³-hybridized carbons (Fsp3) is 0.523. The molecule has 4 aliphatic carbocycles. The molecule has 0 bridgehead atoms. The lowest BCUT2D eigenvalue weighted by atomic mass is 9.73.